The predicted octanol–water partition coefficient (Wildman–Crippen LogP) is 5.41. The summed E-state index contributed by atoms with van der Waals surface area (Å²) in [5.41, 5.74) is 9.59. The third kappa shape index (κ3) is 6.68. The first kappa shape index (κ1) is 27.1. The van der Waals surface area contributed by atoms with E-state index >= 15 is 0 Å². The van der Waals surface area contributed by atoms with Gasteiger partial charge in [0, 0.05) is 28.6 Å². The van der Waals surface area contributed by atoms with E-state index in [4.69, 9.17) is 17.3 Å². The lowest BCUT2D eigenvalue weighted by atomic mass is 9.88. The molecular formula is C30H33ClN2O3S. The van der Waals surface area contributed by atoms with E-state index < -0.39 is 27.9 Å². The van der Waals surface area contributed by atoms with Crippen LogP contribution in [0.4, 0.5) is 0 Å². The van der Waals surface area contributed by atoms with Crippen LogP contribution in [0.1, 0.15) is 47.3 Å². The third-order valence-electron chi connectivity index (χ3n) is 6.85. The van der Waals surface area contributed by atoms with Crippen molar-refractivity contribution < 1.29 is 13.8 Å². The van der Waals surface area contributed by atoms with Gasteiger partial charge in [-0.3, -0.25) is 13.8 Å². The lowest BCUT2D eigenvalue weighted by Crippen LogP contribution is -2.39. The van der Waals surface area contributed by atoms with Crippen LogP contribution in [-0.2, 0) is 35.0 Å². The highest BCUT2D eigenvalue weighted by Crippen LogP contribution is 2.29. The minimum Gasteiger partial charge on any atom is -0.369 e. The maximum absolute atomic E-state index is 13.7. The summed E-state index contributed by atoms with van der Waals surface area (Å²) < 4.78 is 13.7. The Balaban J connectivity index is 1.59. The third-order valence-corrected chi connectivity index (χ3v) is 8.89. The van der Waals surface area contributed by atoms with E-state index in [0.717, 1.165) is 23.1 Å². The number of halogens is 1. The van der Waals surface area contributed by atoms with Gasteiger partial charge in [0.2, 0.25) is 5.91 Å². The van der Waals surface area contributed by atoms with Crippen molar-refractivity contribution in [3.63, 3.8) is 0 Å². The SMILES string of the molecule is CC(C)C[C@H](C(N)=O)C(Cc1ccc2c(c1)CCN(Cc1ccccc1)C2=O)S(=O)c1ccc(Cl)cc1. The van der Waals surface area contributed by atoms with Gasteiger partial charge in [-0.05, 0) is 72.2 Å². The lowest BCUT2D eigenvalue weighted by Gasteiger charge is -2.30. The molecule has 194 valence electrons. The summed E-state index contributed by atoms with van der Waals surface area (Å²) in [6, 6.07) is 22.7. The van der Waals surface area contributed by atoms with Crippen LogP contribution in [0.2, 0.25) is 5.02 Å². The number of nitrogens with two attached hydrogens (primary N) is 1. The molecule has 0 aromatic heterocycles. The molecule has 1 heterocycles. The van der Waals surface area contributed by atoms with E-state index in [-0.39, 0.29) is 11.8 Å². The van der Waals surface area contributed by atoms with Gasteiger partial charge in [-0.1, -0.05) is 67.9 Å². The van der Waals surface area contributed by atoms with Gasteiger partial charge < -0.3 is 10.6 Å². The van der Waals surface area contributed by atoms with Gasteiger partial charge in [0.1, 0.15) is 0 Å². The van der Waals surface area contributed by atoms with Gasteiger partial charge in [-0.2, -0.15) is 0 Å². The van der Waals surface area contributed by atoms with Crippen LogP contribution in [-0.4, -0.2) is 32.7 Å². The maximum atomic E-state index is 13.7. The molecule has 0 radical (unpaired) electrons. The normalized spacial score (nSPS) is 15.8. The van der Waals surface area contributed by atoms with Crippen LogP contribution in [0.5, 0.6) is 0 Å². The smallest absolute Gasteiger partial charge is 0.254 e. The molecule has 2 unspecified atom stereocenters. The van der Waals surface area contributed by atoms with Crippen molar-refractivity contribution >= 4 is 34.2 Å². The minimum atomic E-state index is -1.47. The van der Waals surface area contributed by atoms with Crippen molar-refractivity contribution in [2.45, 2.75) is 49.8 Å². The summed E-state index contributed by atoms with van der Waals surface area (Å²) in [5, 5.41) is 0.0691. The number of primary amides is 1. The van der Waals surface area contributed by atoms with Crippen molar-refractivity contribution in [2.75, 3.05) is 6.54 Å². The number of rotatable bonds is 10. The minimum absolute atomic E-state index is 0.0211. The van der Waals surface area contributed by atoms with Crippen molar-refractivity contribution in [2.24, 2.45) is 17.6 Å². The molecule has 0 fully saturated rings. The van der Waals surface area contributed by atoms with Crippen LogP contribution in [0, 0.1) is 11.8 Å². The molecule has 3 aromatic rings. The van der Waals surface area contributed by atoms with Gasteiger partial charge in [-0.15, -0.1) is 0 Å². The Morgan fingerprint density at radius 2 is 1.73 bits per heavy atom. The fraction of sp³-hybridized carbons (Fsp3) is 0.333. The Hall–Kier alpha value is -2.96. The Bertz CT molecular complexity index is 1280. The number of carbonyl (C=O) groups excluding carboxylic acids is 2. The van der Waals surface area contributed by atoms with E-state index in [1.54, 1.807) is 24.3 Å². The number of hydrogen-bond acceptors (Lipinski definition) is 3. The summed E-state index contributed by atoms with van der Waals surface area (Å²) in [4.78, 5) is 28.2. The molecule has 0 saturated carbocycles. The zero-order valence-electron chi connectivity index (χ0n) is 21.2. The molecule has 2 amide bonds. The molecule has 3 atom stereocenters. The molecule has 1 aliphatic rings. The van der Waals surface area contributed by atoms with E-state index in [0.29, 0.717) is 41.4 Å². The highest BCUT2D eigenvalue weighted by atomic mass is 35.5. The summed E-state index contributed by atoms with van der Waals surface area (Å²) >= 11 is 6.04. The first-order chi connectivity index (χ1) is 17.7. The quantitative estimate of drug-likeness (QED) is 0.376. The van der Waals surface area contributed by atoms with Crippen LogP contribution < -0.4 is 5.73 Å². The first-order valence-electron chi connectivity index (χ1n) is 12.6. The molecule has 7 heteroatoms. The average Bonchev–Trinajstić information content (AvgIpc) is 2.88. The fourth-order valence-corrected chi connectivity index (χ4v) is 6.74. The Labute approximate surface area is 226 Å². The number of nitrogens with zero attached hydrogens (tertiary/aromatic N) is 1. The summed E-state index contributed by atoms with van der Waals surface area (Å²) in [6.45, 7) is 5.29. The Morgan fingerprint density at radius 3 is 2.38 bits per heavy atom. The summed E-state index contributed by atoms with van der Waals surface area (Å²) in [7, 11) is -1.47. The van der Waals surface area contributed by atoms with E-state index in [1.807, 2.05) is 67.3 Å². The molecule has 4 rings (SSSR count). The average molecular weight is 537 g/mol. The second-order valence-corrected chi connectivity index (χ2v) is 12.2. The predicted molar refractivity (Wildman–Crippen MR) is 149 cm³/mol. The van der Waals surface area contributed by atoms with Crippen molar-refractivity contribution in [1.82, 2.24) is 4.90 Å². The van der Waals surface area contributed by atoms with E-state index in [2.05, 4.69) is 0 Å². The second-order valence-electron chi connectivity index (χ2n) is 10.1. The van der Waals surface area contributed by atoms with E-state index in [9.17, 15) is 13.8 Å². The molecule has 0 saturated heterocycles. The largest absolute Gasteiger partial charge is 0.369 e. The van der Waals surface area contributed by atoms with Gasteiger partial charge in [0.05, 0.1) is 22.0 Å². The van der Waals surface area contributed by atoms with Crippen LogP contribution in [0.3, 0.4) is 0 Å². The van der Waals surface area contributed by atoms with Crippen molar-refractivity contribution in [3.05, 3.63) is 100 Å². The molecule has 0 spiro atoms. The fourth-order valence-electron chi connectivity index (χ4n) is 4.97. The molecule has 3 aromatic carbocycles. The number of carbonyl (C=O) groups is 2. The van der Waals surface area contributed by atoms with Gasteiger partial charge in [0.25, 0.3) is 5.91 Å². The van der Waals surface area contributed by atoms with E-state index in [1.165, 1.54) is 0 Å². The molecule has 0 aliphatic carbocycles. The first-order valence-corrected chi connectivity index (χ1v) is 14.2. The number of benzene rings is 3. The van der Waals surface area contributed by atoms with Crippen LogP contribution in [0.25, 0.3) is 0 Å². The van der Waals surface area contributed by atoms with Crippen molar-refractivity contribution in [1.29, 1.82) is 0 Å². The standard InChI is InChI=1S/C30H33ClN2O3S/c1-20(2)16-27(29(32)34)28(37(36)25-11-9-24(31)10-12-25)18-22-8-13-26-23(17-22)14-15-33(30(26)35)19-21-6-4-3-5-7-21/h3-13,17,20,27-28H,14-16,18-19H2,1-2H3,(H2,32,34)/t27-,28?,37?/m0/s1. The topological polar surface area (TPSA) is 80.5 Å². The summed E-state index contributed by atoms with van der Waals surface area (Å²) in [6.07, 6.45) is 1.72. The van der Waals surface area contributed by atoms with Gasteiger partial charge in [0.15, 0.2) is 0 Å². The Kier molecular flexibility index (Phi) is 8.83. The molecule has 2 N–H and O–H groups in total. The van der Waals surface area contributed by atoms with Crippen LogP contribution >= 0.6 is 11.6 Å². The zero-order chi connectivity index (χ0) is 26.5. The molecule has 0 bridgehead atoms. The summed E-state index contributed by atoms with van der Waals surface area (Å²) in [5.74, 6) is -0.743. The monoisotopic (exact) mass is 536 g/mol. The van der Waals surface area contributed by atoms with Crippen molar-refractivity contribution in [3.8, 4) is 0 Å². The molecular weight excluding hydrogens is 504 g/mol. The van der Waals surface area contributed by atoms with Gasteiger partial charge in [-0.25, -0.2) is 0 Å². The number of hydrogen-bond donors (Lipinski definition) is 1. The number of fused-ring (bicyclic) bond motifs is 1. The zero-order valence-corrected chi connectivity index (χ0v) is 22.8. The van der Waals surface area contributed by atoms with Crippen LogP contribution in [0.15, 0.2) is 77.7 Å². The lowest BCUT2D eigenvalue weighted by molar-refractivity contribution is -0.122. The molecule has 5 nitrogen and oxygen atoms in total. The molecule has 1 aliphatic heterocycles. The Morgan fingerprint density at radius 1 is 1.03 bits per heavy atom. The maximum Gasteiger partial charge on any atom is 0.254 e. The van der Waals surface area contributed by atoms with Gasteiger partial charge >= 0.3 is 0 Å². The number of amides is 2. The highest BCUT2D eigenvalue weighted by Gasteiger charge is 2.33. The molecule has 37 heavy (non-hydrogen) atoms. The second kappa shape index (κ2) is 12.1. The highest BCUT2D eigenvalue weighted by molar-refractivity contribution is 7.85.